The van der Waals surface area contributed by atoms with Gasteiger partial charge >= 0.3 is 0 Å². The van der Waals surface area contributed by atoms with Crippen LogP contribution in [0, 0.1) is 6.92 Å². The predicted molar refractivity (Wildman–Crippen MR) is 132 cm³/mol. The summed E-state index contributed by atoms with van der Waals surface area (Å²) in [5, 5.41) is 5.27. The average Bonchev–Trinajstić information content (AvgIpc) is 2.95. The summed E-state index contributed by atoms with van der Waals surface area (Å²) in [4.78, 5) is 6.25. The number of aromatic amines is 1. The van der Waals surface area contributed by atoms with Crippen LogP contribution in [0.3, 0.4) is 0 Å². The van der Waals surface area contributed by atoms with E-state index >= 15 is 0 Å². The highest BCUT2D eigenvalue weighted by molar-refractivity contribution is 6.31. The third-order valence-corrected chi connectivity index (χ3v) is 6.94. The Labute approximate surface area is 190 Å². The molecule has 5 heteroatoms. The first-order chi connectivity index (χ1) is 15.1. The van der Waals surface area contributed by atoms with Crippen LogP contribution in [0.15, 0.2) is 36.4 Å². The molecular weight excluding hydrogens is 406 g/mol. The van der Waals surface area contributed by atoms with E-state index < -0.39 is 0 Å². The van der Waals surface area contributed by atoms with Gasteiger partial charge in [-0.15, -0.1) is 0 Å². The van der Waals surface area contributed by atoms with Crippen molar-refractivity contribution in [2.45, 2.75) is 38.5 Å². The van der Waals surface area contributed by atoms with Crippen molar-refractivity contribution in [2.75, 3.05) is 40.3 Å². The maximum atomic E-state index is 6.29. The third kappa shape index (κ3) is 4.92. The fourth-order valence-corrected chi connectivity index (χ4v) is 5.11. The number of fused-ring (bicyclic) bond motifs is 1. The highest BCUT2D eigenvalue weighted by Gasteiger charge is 2.20. The first-order valence-electron chi connectivity index (χ1n) is 11.4. The van der Waals surface area contributed by atoms with Crippen molar-refractivity contribution in [1.82, 2.24) is 15.2 Å². The number of halogens is 1. The summed E-state index contributed by atoms with van der Waals surface area (Å²) in [6.07, 6.45) is 5.01. The maximum absolute atomic E-state index is 6.29. The molecule has 0 radical (unpaired) electrons. The number of methoxy groups -OCH3 is 1. The summed E-state index contributed by atoms with van der Waals surface area (Å²) in [6, 6.07) is 12.7. The van der Waals surface area contributed by atoms with Crippen molar-refractivity contribution >= 4 is 22.5 Å². The molecule has 0 saturated carbocycles. The van der Waals surface area contributed by atoms with Crippen LogP contribution in [0.2, 0.25) is 5.02 Å². The van der Waals surface area contributed by atoms with Gasteiger partial charge < -0.3 is 19.9 Å². The second kappa shape index (κ2) is 10.1. The number of nitrogens with zero attached hydrogens (tertiary/aromatic N) is 1. The first-order valence-corrected chi connectivity index (χ1v) is 11.8. The molecular formula is C26H34ClN3O. The Morgan fingerprint density at radius 2 is 2.03 bits per heavy atom. The number of rotatable bonds is 7. The SMILES string of the molecule is CNCCCN1CCCC(c2ccc3[nH]c(-c4cc(Cl)ccc4OC)c(C)c3c2)CC1. The summed E-state index contributed by atoms with van der Waals surface area (Å²) in [5.74, 6) is 1.47. The first kappa shape index (κ1) is 22.2. The quantitative estimate of drug-likeness (QED) is 0.444. The molecule has 1 fully saturated rings. The van der Waals surface area contributed by atoms with E-state index in [-0.39, 0.29) is 0 Å². The summed E-state index contributed by atoms with van der Waals surface area (Å²) in [5.41, 5.74) is 5.98. The molecule has 31 heavy (non-hydrogen) atoms. The highest BCUT2D eigenvalue weighted by atomic mass is 35.5. The Morgan fingerprint density at radius 1 is 1.16 bits per heavy atom. The fourth-order valence-electron chi connectivity index (χ4n) is 4.94. The lowest BCUT2D eigenvalue weighted by Crippen LogP contribution is -2.27. The maximum Gasteiger partial charge on any atom is 0.128 e. The lowest BCUT2D eigenvalue weighted by molar-refractivity contribution is 0.280. The van der Waals surface area contributed by atoms with Gasteiger partial charge in [0.2, 0.25) is 0 Å². The second-order valence-electron chi connectivity index (χ2n) is 8.70. The zero-order chi connectivity index (χ0) is 21.8. The van der Waals surface area contributed by atoms with E-state index in [0.717, 1.165) is 23.6 Å². The van der Waals surface area contributed by atoms with E-state index in [2.05, 4.69) is 40.3 Å². The third-order valence-electron chi connectivity index (χ3n) is 6.71. The monoisotopic (exact) mass is 439 g/mol. The normalized spacial score (nSPS) is 17.7. The number of H-pyrrole nitrogens is 1. The van der Waals surface area contributed by atoms with Gasteiger partial charge in [-0.1, -0.05) is 17.7 Å². The van der Waals surface area contributed by atoms with Gasteiger partial charge in [0.1, 0.15) is 5.75 Å². The van der Waals surface area contributed by atoms with Gasteiger partial charge in [0.15, 0.2) is 0 Å². The fraction of sp³-hybridized carbons (Fsp3) is 0.462. The Hall–Kier alpha value is -2.01. The minimum atomic E-state index is 0.636. The van der Waals surface area contributed by atoms with Gasteiger partial charge in [-0.25, -0.2) is 0 Å². The number of ether oxygens (including phenoxy) is 1. The molecule has 1 saturated heterocycles. The van der Waals surface area contributed by atoms with Crippen molar-refractivity contribution in [1.29, 1.82) is 0 Å². The van der Waals surface area contributed by atoms with Gasteiger partial charge in [-0.05, 0) is 113 Å². The molecule has 0 bridgehead atoms. The van der Waals surface area contributed by atoms with Crippen molar-refractivity contribution in [3.63, 3.8) is 0 Å². The summed E-state index contributed by atoms with van der Waals surface area (Å²) in [7, 11) is 3.74. The summed E-state index contributed by atoms with van der Waals surface area (Å²) in [6.45, 7) is 6.92. The van der Waals surface area contributed by atoms with E-state index in [1.807, 2.05) is 25.2 Å². The van der Waals surface area contributed by atoms with E-state index in [1.54, 1.807) is 7.11 Å². The molecule has 2 N–H and O–H groups in total. The largest absolute Gasteiger partial charge is 0.496 e. The van der Waals surface area contributed by atoms with Crippen LogP contribution in [0.1, 0.15) is 42.7 Å². The molecule has 3 aromatic rings. The predicted octanol–water partition coefficient (Wildman–Crippen LogP) is 5.98. The van der Waals surface area contributed by atoms with Crippen LogP contribution in [0.4, 0.5) is 0 Å². The van der Waals surface area contributed by atoms with E-state index in [1.165, 1.54) is 67.3 Å². The van der Waals surface area contributed by atoms with Crippen LogP contribution in [-0.4, -0.2) is 50.2 Å². The number of benzene rings is 2. The number of likely N-dealkylation sites (tertiary alicyclic amines) is 1. The lowest BCUT2D eigenvalue weighted by atomic mass is 9.91. The summed E-state index contributed by atoms with van der Waals surface area (Å²) >= 11 is 6.29. The molecule has 1 aromatic heterocycles. The number of hydrogen-bond acceptors (Lipinski definition) is 3. The molecule has 166 valence electrons. The topological polar surface area (TPSA) is 40.3 Å². The number of hydrogen-bond donors (Lipinski definition) is 2. The average molecular weight is 440 g/mol. The van der Waals surface area contributed by atoms with Crippen LogP contribution in [0.25, 0.3) is 22.2 Å². The van der Waals surface area contributed by atoms with Crippen LogP contribution in [0.5, 0.6) is 5.75 Å². The molecule has 4 nitrogen and oxygen atoms in total. The van der Waals surface area contributed by atoms with Gasteiger partial charge in [-0.3, -0.25) is 0 Å². The van der Waals surface area contributed by atoms with Gasteiger partial charge in [-0.2, -0.15) is 0 Å². The molecule has 1 aliphatic rings. The summed E-state index contributed by atoms with van der Waals surface area (Å²) < 4.78 is 5.60. The van der Waals surface area contributed by atoms with Crippen LogP contribution >= 0.6 is 11.6 Å². The molecule has 1 aliphatic heterocycles. The van der Waals surface area contributed by atoms with Crippen molar-refractivity contribution in [2.24, 2.45) is 0 Å². The number of aryl methyl sites for hydroxylation is 1. The molecule has 0 aliphatic carbocycles. The Morgan fingerprint density at radius 3 is 2.84 bits per heavy atom. The number of aromatic nitrogens is 1. The molecule has 2 heterocycles. The molecule has 1 unspecified atom stereocenters. The van der Waals surface area contributed by atoms with Crippen LogP contribution < -0.4 is 10.1 Å². The van der Waals surface area contributed by atoms with Crippen LogP contribution in [-0.2, 0) is 0 Å². The highest BCUT2D eigenvalue weighted by Crippen LogP contribution is 2.38. The van der Waals surface area contributed by atoms with Gasteiger partial charge in [0.25, 0.3) is 0 Å². The van der Waals surface area contributed by atoms with Crippen molar-refractivity contribution in [3.05, 3.63) is 52.5 Å². The minimum Gasteiger partial charge on any atom is -0.496 e. The second-order valence-corrected chi connectivity index (χ2v) is 9.14. The molecule has 1 atom stereocenters. The Bertz CT molecular complexity index is 1030. The van der Waals surface area contributed by atoms with E-state index in [9.17, 15) is 0 Å². The van der Waals surface area contributed by atoms with Crippen molar-refractivity contribution < 1.29 is 4.74 Å². The van der Waals surface area contributed by atoms with Crippen molar-refractivity contribution in [3.8, 4) is 17.0 Å². The van der Waals surface area contributed by atoms with E-state index in [0.29, 0.717) is 10.9 Å². The standard InChI is InChI=1S/C26H34ClN3O/c1-18-22-16-20(19-6-4-13-30(15-11-19)14-5-12-28-2)7-9-24(22)29-26(18)23-17-21(27)8-10-25(23)31-3/h7-10,16-17,19,28-29H,4-6,11-15H2,1-3H3. The Kier molecular flexibility index (Phi) is 7.21. The zero-order valence-corrected chi connectivity index (χ0v) is 19.7. The lowest BCUT2D eigenvalue weighted by Gasteiger charge is -2.20. The van der Waals surface area contributed by atoms with Gasteiger partial charge in [0.05, 0.1) is 12.8 Å². The number of nitrogens with one attached hydrogen (secondary N) is 2. The minimum absolute atomic E-state index is 0.636. The molecule has 2 aromatic carbocycles. The van der Waals surface area contributed by atoms with E-state index in [4.69, 9.17) is 16.3 Å². The zero-order valence-electron chi connectivity index (χ0n) is 18.9. The smallest absolute Gasteiger partial charge is 0.128 e. The molecule has 4 rings (SSSR count). The van der Waals surface area contributed by atoms with Gasteiger partial charge in [0, 0.05) is 21.5 Å². The molecule has 0 spiro atoms. The molecule has 0 amide bonds. The Balaban J connectivity index is 1.58.